The van der Waals surface area contributed by atoms with Gasteiger partial charge < -0.3 is 15.2 Å². The van der Waals surface area contributed by atoms with Gasteiger partial charge >= 0.3 is 0 Å². The molecule has 1 atom stereocenters. The van der Waals surface area contributed by atoms with E-state index in [4.69, 9.17) is 15.2 Å². The number of rotatable bonds is 9. The van der Waals surface area contributed by atoms with Gasteiger partial charge in [0.15, 0.2) is 21.3 Å². The summed E-state index contributed by atoms with van der Waals surface area (Å²) in [5.41, 5.74) is 7.37. The van der Waals surface area contributed by atoms with E-state index in [9.17, 15) is 13.2 Å². The predicted octanol–water partition coefficient (Wildman–Crippen LogP) is 2.00. The molecule has 0 spiro atoms. The molecule has 0 fully saturated rings. The molecule has 1 amide bonds. The van der Waals surface area contributed by atoms with E-state index in [0.29, 0.717) is 18.0 Å². The van der Waals surface area contributed by atoms with Crippen molar-refractivity contribution in [3.8, 4) is 11.5 Å². The lowest BCUT2D eigenvalue weighted by Gasteiger charge is -2.37. The van der Waals surface area contributed by atoms with Crippen LogP contribution in [0.1, 0.15) is 28.5 Å². The molecule has 158 valence electrons. The van der Waals surface area contributed by atoms with Gasteiger partial charge in [0, 0.05) is 24.4 Å². The van der Waals surface area contributed by atoms with Gasteiger partial charge in [-0.3, -0.25) is 9.69 Å². The van der Waals surface area contributed by atoms with Crippen LogP contribution in [-0.2, 0) is 21.1 Å². The summed E-state index contributed by atoms with van der Waals surface area (Å²) < 4.78 is 35.6. The lowest BCUT2D eigenvalue weighted by atomic mass is 9.91. The highest BCUT2D eigenvalue weighted by Gasteiger charge is 2.31. The minimum absolute atomic E-state index is 0.00915. The molecule has 1 aromatic carbocycles. The second-order valence-electron chi connectivity index (χ2n) is 6.98. The van der Waals surface area contributed by atoms with Crippen LogP contribution in [0.15, 0.2) is 29.6 Å². The molecule has 2 aromatic rings. The third-order valence-corrected chi connectivity index (χ3v) is 7.69. The van der Waals surface area contributed by atoms with Gasteiger partial charge in [-0.25, -0.2) is 8.42 Å². The van der Waals surface area contributed by atoms with E-state index < -0.39 is 15.7 Å². The summed E-state index contributed by atoms with van der Waals surface area (Å²) in [5.74, 6) is 0.534. The zero-order valence-electron chi connectivity index (χ0n) is 16.6. The van der Waals surface area contributed by atoms with Crippen molar-refractivity contribution in [1.82, 2.24) is 4.90 Å². The third kappa shape index (κ3) is 5.09. The first-order valence-electron chi connectivity index (χ1n) is 9.35. The quantitative estimate of drug-likeness (QED) is 0.643. The van der Waals surface area contributed by atoms with Crippen LogP contribution < -0.4 is 15.2 Å². The second-order valence-corrected chi connectivity index (χ2v) is 10.3. The first-order chi connectivity index (χ1) is 13.8. The Labute approximate surface area is 175 Å². The van der Waals surface area contributed by atoms with E-state index in [2.05, 4.69) is 11.0 Å². The minimum Gasteiger partial charge on any atom is -0.493 e. The van der Waals surface area contributed by atoms with Crippen LogP contribution in [0.3, 0.4) is 0 Å². The normalized spacial score (nSPS) is 17.0. The Balaban J connectivity index is 1.88. The van der Waals surface area contributed by atoms with E-state index in [1.807, 2.05) is 23.6 Å². The molecule has 9 heteroatoms. The van der Waals surface area contributed by atoms with Crippen molar-refractivity contribution < 1.29 is 22.7 Å². The lowest BCUT2D eigenvalue weighted by Crippen LogP contribution is -2.39. The van der Waals surface area contributed by atoms with Crippen molar-refractivity contribution in [2.75, 3.05) is 38.8 Å². The fraction of sp³-hybridized carbons (Fsp3) is 0.450. The van der Waals surface area contributed by atoms with E-state index in [1.165, 1.54) is 5.56 Å². The lowest BCUT2D eigenvalue weighted by molar-refractivity contribution is -0.117. The van der Waals surface area contributed by atoms with Gasteiger partial charge in [-0.05, 0) is 41.1 Å². The molecule has 7 nitrogen and oxygen atoms in total. The van der Waals surface area contributed by atoms with Gasteiger partial charge in [-0.1, -0.05) is 6.07 Å². The number of carbonyl (C=O) groups excluding carboxylic acids is 1. The molecule has 0 aliphatic carbocycles. The molecule has 3 rings (SSSR count). The number of hydrogen-bond acceptors (Lipinski definition) is 7. The van der Waals surface area contributed by atoms with Gasteiger partial charge in [0.2, 0.25) is 5.91 Å². The molecule has 0 bridgehead atoms. The molecule has 2 N–H and O–H groups in total. The predicted molar refractivity (Wildman–Crippen MR) is 113 cm³/mol. The number of ether oxygens (including phenoxy) is 2. The summed E-state index contributed by atoms with van der Waals surface area (Å²) >= 11 is 1.64. The van der Waals surface area contributed by atoms with Gasteiger partial charge in [0.05, 0.1) is 31.8 Å². The molecule has 0 saturated carbocycles. The second kappa shape index (κ2) is 9.15. The van der Waals surface area contributed by atoms with Crippen LogP contribution in [0.5, 0.6) is 11.5 Å². The largest absolute Gasteiger partial charge is 0.493 e. The van der Waals surface area contributed by atoms with Crippen molar-refractivity contribution >= 4 is 27.1 Å². The van der Waals surface area contributed by atoms with Crippen molar-refractivity contribution in [2.24, 2.45) is 5.73 Å². The van der Waals surface area contributed by atoms with Gasteiger partial charge in [0.25, 0.3) is 0 Å². The number of benzene rings is 1. The van der Waals surface area contributed by atoms with Crippen LogP contribution in [0.4, 0.5) is 0 Å². The van der Waals surface area contributed by atoms with Crippen LogP contribution >= 0.6 is 11.3 Å². The van der Waals surface area contributed by atoms with Gasteiger partial charge in [-0.2, -0.15) is 0 Å². The first kappa shape index (κ1) is 21.6. The Bertz CT molecular complexity index is 958. The number of primary amides is 1. The topological polar surface area (TPSA) is 98.9 Å². The van der Waals surface area contributed by atoms with Crippen LogP contribution in [0, 0.1) is 0 Å². The Morgan fingerprint density at radius 2 is 1.97 bits per heavy atom. The number of hydrogen-bond donors (Lipinski definition) is 1. The number of carbonyl (C=O) groups is 1. The summed E-state index contributed by atoms with van der Waals surface area (Å²) in [7, 11) is -0.127. The summed E-state index contributed by atoms with van der Waals surface area (Å²) in [4.78, 5) is 14.3. The zero-order chi connectivity index (χ0) is 21.0. The summed E-state index contributed by atoms with van der Waals surface area (Å²) in [6, 6.07) is 8.01. The van der Waals surface area contributed by atoms with E-state index in [0.717, 1.165) is 23.4 Å². The van der Waals surface area contributed by atoms with Crippen molar-refractivity contribution in [3.63, 3.8) is 0 Å². The van der Waals surface area contributed by atoms with Crippen molar-refractivity contribution in [3.05, 3.63) is 45.6 Å². The Kier molecular flexibility index (Phi) is 6.81. The highest BCUT2D eigenvalue weighted by molar-refractivity contribution is 7.91. The highest BCUT2D eigenvalue weighted by atomic mass is 32.2. The standard InChI is InChI=1S/C20H26N2O5S2/c1-26-16-12-14-5-7-22(8-11-29(24,25)10-6-19(21)23)20(18-4-3-9-28-18)15(14)13-17(16)27-2/h3-4,9,12-13,20H,5-8,10-11H2,1-2H3,(H2,21,23). The van der Waals surface area contributed by atoms with E-state index in [-0.39, 0.29) is 24.0 Å². The van der Waals surface area contributed by atoms with Crippen LogP contribution in [-0.4, -0.2) is 58.0 Å². The minimum atomic E-state index is -3.35. The number of nitrogens with two attached hydrogens (primary N) is 1. The molecule has 0 saturated heterocycles. The molecule has 1 unspecified atom stereocenters. The maximum atomic E-state index is 12.3. The Morgan fingerprint density at radius 3 is 2.59 bits per heavy atom. The molecule has 1 aliphatic heterocycles. The fourth-order valence-corrected chi connectivity index (χ4v) is 5.74. The molecule has 0 radical (unpaired) electrons. The molecule has 1 aliphatic rings. The van der Waals surface area contributed by atoms with Gasteiger partial charge in [0.1, 0.15) is 0 Å². The van der Waals surface area contributed by atoms with E-state index >= 15 is 0 Å². The van der Waals surface area contributed by atoms with Gasteiger partial charge in [-0.15, -0.1) is 11.3 Å². The van der Waals surface area contributed by atoms with Crippen molar-refractivity contribution in [2.45, 2.75) is 18.9 Å². The average Bonchev–Trinajstić information content (AvgIpc) is 3.23. The number of amides is 1. The maximum Gasteiger partial charge on any atom is 0.218 e. The number of methoxy groups -OCH3 is 2. The molecular formula is C20H26N2O5S2. The first-order valence-corrected chi connectivity index (χ1v) is 12.1. The summed E-state index contributed by atoms with van der Waals surface area (Å²) in [6.45, 7) is 1.12. The smallest absolute Gasteiger partial charge is 0.218 e. The Morgan fingerprint density at radius 1 is 1.24 bits per heavy atom. The number of fused-ring (bicyclic) bond motifs is 1. The highest BCUT2D eigenvalue weighted by Crippen LogP contribution is 2.42. The van der Waals surface area contributed by atoms with Crippen LogP contribution in [0.25, 0.3) is 0 Å². The molecular weight excluding hydrogens is 412 g/mol. The fourth-order valence-electron chi connectivity index (χ4n) is 3.63. The number of nitrogens with zero attached hydrogens (tertiary/aromatic N) is 1. The van der Waals surface area contributed by atoms with Crippen LogP contribution in [0.2, 0.25) is 0 Å². The average molecular weight is 439 g/mol. The number of sulfone groups is 1. The third-order valence-electron chi connectivity index (χ3n) is 5.14. The number of thiophene rings is 1. The zero-order valence-corrected chi connectivity index (χ0v) is 18.2. The summed E-state index contributed by atoms with van der Waals surface area (Å²) in [5, 5.41) is 2.02. The Hall–Kier alpha value is -2.10. The van der Waals surface area contributed by atoms with Crippen molar-refractivity contribution in [1.29, 1.82) is 0 Å². The molecule has 1 aromatic heterocycles. The maximum absolute atomic E-state index is 12.3. The SMILES string of the molecule is COc1cc2c(cc1OC)C(c1cccs1)N(CCS(=O)(=O)CCC(N)=O)CC2. The summed E-state index contributed by atoms with van der Waals surface area (Å²) in [6.07, 6.45) is 0.648. The molecule has 29 heavy (non-hydrogen) atoms. The monoisotopic (exact) mass is 438 g/mol. The van der Waals surface area contributed by atoms with E-state index in [1.54, 1.807) is 25.6 Å². The molecule has 2 heterocycles.